The molecule has 0 aromatic heterocycles. The molecule has 34 heavy (non-hydrogen) atoms. The zero-order valence-corrected chi connectivity index (χ0v) is 18.2. The molecule has 3 aromatic carbocycles. The number of aryl methyl sites for hydroxylation is 1. The van der Waals surface area contributed by atoms with E-state index in [1.165, 1.54) is 12.1 Å². The number of ether oxygens (including phenoxy) is 1. The number of carboxylic acids is 1. The normalized spacial score (nSPS) is 13.6. The number of hydrogen-bond acceptors (Lipinski definition) is 3. The van der Waals surface area contributed by atoms with Gasteiger partial charge in [-0.15, -0.1) is 0 Å². The average molecular weight is 469 g/mol. The van der Waals surface area contributed by atoms with E-state index in [0.717, 1.165) is 28.3 Å². The third-order valence-corrected chi connectivity index (χ3v) is 5.92. The highest BCUT2D eigenvalue weighted by atomic mass is 19.4. The molecule has 0 aliphatic heterocycles. The number of fused-ring (bicyclic) bond motifs is 3. The number of alkyl halides is 3. The van der Waals surface area contributed by atoms with Crippen molar-refractivity contribution in [2.24, 2.45) is 0 Å². The summed E-state index contributed by atoms with van der Waals surface area (Å²) in [5.41, 5.74) is 3.46. The molecule has 1 amide bonds. The lowest BCUT2D eigenvalue weighted by molar-refractivity contribution is -0.141. The molecule has 0 heterocycles. The van der Waals surface area contributed by atoms with Crippen LogP contribution in [0.5, 0.6) is 0 Å². The highest BCUT2D eigenvalue weighted by Crippen LogP contribution is 2.44. The van der Waals surface area contributed by atoms with E-state index in [1.807, 2.05) is 48.5 Å². The van der Waals surface area contributed by atoms with Crippen LogP contribution >= 0.6 is 0 Å². The van der Waals surface area contributed by atoms with Gasteiger partial charge in [0.2, 0.25) is 0 Å². The van der Waals surface area contributed by atoms with Gasteiger partial charge in [0.15, 0.2) is 0 Å². The zero-order valence-electron chi connectivity index (χ0n) is 18.2. The Kier molecular flexibility index (Phi) is 6.32. The molecule has 1 aliphatic rings. The molecule has 0 spiro atoms. The van der Waals surface area contributed by atoms with Gasteiger partial charge in [0.25, 0.3) is 0 Å². The summed E-state index contributed by atoms with van der Waals surface area (Å²) in [6.45, 7) is 1.57. The summed E-state index contributed by atoms with van der Waals surface area (Å²) in [6.07, 6.45) is -6.18. The minimum atomic E-state index is -4.64. The Bertz CT molecular complexity index is 1190. The van der Waals surface area contributed by atoms with E-state index >= 15 is 0 Å². The first-order valence-electron chi connectivity index (χ1n) is 10.7. The fraction of sp³-hybridized carbons (Fsp3) is 0.231. The Morgan fingerprint density at radius 2 is 1.59 bits per heavy atom. The van der Waals surface area contributed by atoms with Crippen molar-refractivity contribution >= 4 is 12.1 Å². The van der Waals surface area contributed by atoms with Gasteiger partial charge in [0.05, 0.1) is 5.56 Å². The summed E-state index contributed by atoms with van der Waals surface area (Å²) in [5.74, 6) is -1.68. The van der Waals surface area contributed by atoms with E-state index in [-0.39, 0.29) is 18.1 Å². The SMILES string of the molecule is Cc1ccc(C(F)(F)F)c(CC(NC(=O)OCC2c3ccccc3-c3ccccc32)C(=O)O)c1. The highest BCUT2D eigenvalue weighted by Gasteiger charge is 2.35. The van der Waals surface area contributed by atoms with Crippen molar-refractivity contribution in [1.82, 2.24) is 5.32 Å². The van der Waals surface area contributed by atoms with Crippen LogP contribution < -0.4 is 5.32 Å². The van der Waals surface area contributed by atoms with Gasteiger partial charge in [-0.3, -0.25) is 0 Å². The van der Waals surface area contributed by atoms with E-state index in [4.69, 9.17) is 4.74 Å². The number of nitrogens with one attached hydrogen (secondary N) is 1. The number of carbonyl (C=O) groups is 2. The first kappa shape index (κ1) is 23.4. The van der Waals surface area contributed by atoms with Gasteiger partial charge in [-0.1, -0.05) is 66.2 Å². The average Bonchev–Trinajstić information content (AvgIpc) is 3.10. The Morgan fingerprint density at radius 3 is 2.15 bits per heavy atom. The summed E-state index contributed by atoms with van der Waals surface area (Å²) in [5, 5.41) is 11.7. The summed E-state index contributed by atoms with van der Waals surface area (Å²) in [4.78, 5) is 24.2. The van der Waals surface area contributed by atoms with Gasteiger partial charge in [0.1, 0.15) is 12.6 Å². The van der Waals surface area contributed by atoms with Crippen LogP contribution in [0, 0.1) is 6.92 Å². The molecule has 1 unspecified atom stereocenters. The first-order chi connectivity index (χ1) is 16.1. The Balaban J connectivity index is 1.47. The monoisotopic (exact) mass is 469 g/mol. The number of alkyl carbamates (subject to hydrolysis) is 1. The number of carbonyl (C=O) groups excluding carboxylic acids is 1. The number of aliphatic carboxylic acids is 1. The fourth-order valence-corrected chi connectivity index (χ4v) is 4.37. The maximum Gasteiger partial charge on any atom is 0.416 e. The third kappa shape index (κ3) is 4.76. The summed E-state index contributed by atoms with van der Waals surface area (Å²) in [7, 11) is 0. The second kappa shape index (κ2) is 9.21. The van der Waals surface area contributed by atoms with E-state index in [0.29, 0.717) is 5.56 Å². The molecule has 0 radical (unpaired) electrons. The maximum atomic E-state index is 13.4. The summed E-state index contributed by atoms with van der Waals surface area (Å²) in [6, 6.07) is 17.4. The smallest absolute Gasteiger partial charge is 0.416 e. The number of halogens is 3. The zero-order chi connectivity index (χ0) is 24.5. The quantitative estimate of drug-likeness (QED) is 0.497. The van der Waals surface area contributed by atoms with Gasteiger partial charge in [-0.25, -0.2) is 9.59 Å². The lowest BCUT2D eigenvalue weighted by Crippen LogP contribution is -2.43. The van der Waals surface area contributed by atoms with Crippen LogP contribution in [0.4, 0.5) is 18.0 Å². The Hall–Kier alpha value is -3.81. The largest absolute Gasteiger partial charge is 0.480 e. The second-order valence-electron chi connectivity index (χ2n) is 8.22. The Labute approximate surface area is 194 Å². The molecular weight excluding hydrogens is 447 g/mol. The van der Waals surface area contributed by atoms with Gasteiger partial charge in [-0.05, 0) is 40.8 Å². The van der Waals surface area contributed by atoms with Gasteiger partial charge in [-0.2, -0.15) is 13.2 Å². The van der Waals surface area contributed by atoms with Gasteiger partial charge < -0.3 is 15.2 Å². The third-order valence-electron chi connectivity index (χ3n) is 5.92. The van der Waals surface area contributed by atoms with Crippen molar-refractivity contribution in [2.75, 3.05) is 6.61 Å². The molecule has 3 aromatic rings. The fourth-order valence-electron chi connectivity index (χ4n) is 4.37. The van der Waals surface area contributed by atoms with Crippen molar-refractivity contribution in [3.8, 4) is 11.1 Å². The van der Waals surface area contributed by atoms with E-state index in [1.54, 1.807) is 6.92 Å². The minimum absolute atomic E-state index is 0.0373. The molecule has 0 saturated carbocycles. The molecule has 4 rings (SSSR count). The summed E-state index contributed by atoms with van der Waals surface area (Å²) >= 11 is 0. The number of benzene rings is 3. The molecular formula is C26H22F3NO4. The van der Waals surface area contributed by atoms with Crippen LogP contribution in [0.1, 0.15) is 33.7 Å². The van der Waals surface area contributed by atoms with Crippen molar-refractivity contribution in [2.45, 2.75) is 31.5 Å². The van der Waals surface area contributed by atoms with Crippen molar-refractivity contribution < 1.29 is 32.6 Å². The lowest BCUT2D eigenvalue weighted by Gasteiger charge is -2.19. The predicted molar refractivity (Wildman–Crippen MR) is 120 cm³/mol. The molecule has 176 valence electrons. The second-order valence-corrected chi connectivity index (χ2v) is 8.22. The summed E-state index contributed by atoms with van der Waals surface area (Å²) < 4.78 is 45.5. The number of carboxylic acid groups (broad SMARTS) is 1. The molecule has 8 heteroatoms. The van der Waals surface area contributed by atoms with Crippen LogP contribution in [0.15, 0.2) is 66.7 Å². The first-order valence-corrected chi connectivity index (χ1v) is 10.7. The van der Waals surface area contributed by atoms with Crippen molar-refractivity contribution in [1.29, 1.82) is 0 Å². The molecule has 1 aliphatic carbocycles. The van der Waals surface area contributed by atoms with E-state index in [9.17, 15) is 27.9 Å². The van der Waals surface area contributed by atoms with Gasteiger partial charge in [0, 0.05) is 12.3 Å². The molecule has 0 bridgehead atoms. The highest BCUT2D eigenvalue weighted by molar-refractivity contribution is 5.81. The van der Waals surface area contributed by atoms with E-state index in [2.05, 4.69) is 5.32 Å². The number of rotatable bonds is 6. The van der Waals surface area contributed by atoms with Crippen molar-refractivity contribution in [3.05, 3.63) is 94.5 Å². The van der Waals surface area contributed by atoms with Crippen LogP contribution in [0.3, 0.4) is 0 Å². The maximum absolute atomic E-state index is 13.4. The number of hydrogen-bond donors (Lipinski definition) is 2. The van der Waals surface area contributed by atoms with Crippen LogP contribution in [-0.4, -0.2) is 29.8 Å². The topological polar surface area (TPSA) is 75.6 Å². The minimum Gasteiger partial charge on any atom is -0.480 e. The van der Waals surface area contributed by atoms with Gasteiger partial charge >= 0.3 is 18.2 Å². The van der Waals surface area contributed by atoms with Crippen molar-refractivity contribution in [3.63, 3.8) is 0 Å². The molecule has 2 N–H and O–H groups in total. The lowest BCUT2D eigenvalue weighted by atomic mass is 9.97. The predicted octanol–water partition coefficient (Wildman–Crippen LogP) is 5.55. The number of amides is 1. The van der Waals surface area contributed by atoms with Crippen LogP contribution in [0.25, 0.3) is 11.1 Å². The molecule has 1 atom stereocenters. The standard InChI is InChI=1S/C26H22F3NO4/c1-15-10-11-22(26(27,28)29)16(12-15)13-23(24(31)32)30-25(33)34-14-21-19-8-4-2-6-17(19)18-7-3-5-9-20(18)21/h2-12,21,23H,13-14H2,1H3,(H,30,33)(H,31,32). The Morgan fingerprint density at radius 1 is 1.00 bits per heavy atom. The van der Waals surface area contributed by atoms with Crippen LogP contribution in [-0.2, 0) is 22.1 Å². The van der Waals surface area contributed by atoms with Crippen LogP contribution in [0.2, 0.25) is 0 Å². The molecule has 5 nitrogen and oxygen atoms in total. The molecule has 0 saturated heterocycles. The molecule has 0 fully saturated rings. The van der Waals surface area contributed by atoms with E-state index < -0.39 is 36.3 Å².